The fraction of sp³-hybridized carbons (Fsp3) is 0.214. The van der Waals surface area contributed by atoms with Crippen molar-refractivity contribution in [2.24, 2.45) is 0 Å². The van der Waals surface area contributed by atoms with Crippen LogP contribution in [0.1, 0.15) is 17.0 Å². The molecule has 0 fully saturated rings. The van der Waals surface area contributed by atoms with Gasteiger partial charge >= 0.3 is 0 Å². The molecule has 0 aromatic carbocycles. The summed E-state index contributed by atoms with van der Waals surface area (Å²) in [6, 6.07) is 11.0. The predicted octanol–water partition coefficient (Wildman–Crippen LogP) is 1.67. The van der Waals surface area contributed by atoms with E-state index in [1.54, 1.807) is 22.9 Å². The van der Waals surface area contributed by atoms with E-state index in [1.807, 2.05) is 31.2 Å². The summed E-state index contributed by atoms with van der Waals surface area (Å²) in [5, 5.41) is 8.84. The molecule has 2 rings (SSSR count). The number of hydrogen-bond donors (Lipinski definition) is 0. The Hall–Kier alpha value is -2.41. The summed E-state index contributed by atoms with van der Waals surface area (Å²) in [5.41, 5.74) is 1.75. The summed E-state index contributed by atoms with van der Waals surface area (Å²) >= 11 is 0. The first-order valence-corrected chi connectivity index (χ1v) is 5.73. The number of pyridine rings is 2. The minimum Gasteiger partial charge on any atom is -0.311 e. The van der Waals surface area contributed by atoms with Gasteiger partial charge in [-0.2, -0.15) is 5.26 Å². The van der Waals surface area contributed by atoms with Gasteiger partial charge in [0.1, 0.15) is 11.6 Å². The fourth-order valence-corrected chi connectivity index (χ4v) is 1.81. The topological polar surface area (TPSA) is 58.7 Å². The SMILES string of the molecule is Cc1ccc(C#N)c(=O)n1CCc1ccccn1. The highest BCUT2D eigenvalue weighted by Crippen LogP contribution is 2.01. The third-order valence-corrected chi connectivity index (χ3v) is 2.83. The van der Waals surface area contributed by atoms with Gasteiger partial charge in [-0.1, -0.05) is 6.07 Å². The van der Waals surface area contributed by atoms with Crippen LogP contribution in [0.5, 0.6) is 0 Å². The highest BCUT2D eigenvalue weighted by atomic mass is 16.1. The van der Waals surface area contributed by atoms with Gasteiger partial charge in [0, 0.05) is 30.6 Å². The highest BCUT2D eigenvalue weighted by Gasteiger charge is 2.05. The lowest BCUT2D eigenvalue weighted by molar-refractivity contribution is 0.640. The van der Waals surface area contributed by atoms with Gasteiger partial charge in [-0.15, -0.1) is 0 Å². The van der Waals surface area contributed by atoms with Crippen molar-refractivity contribution < 1.29 is 0 Å². The Kier molecular flexibility index (Phi) is 3.54. The Morgan fingerprint density at radius 3 is 2.83 bits per heavy atom. The van der Waals surface area contributed by atoms with E-state index in [4.69, 9.17) is 5.26 Å². The largest absolute Gasteiger partial charge is 0.311 e. The lowest BCUT2D eigenvalue weighted by Gasteiger charge is -2.09. The molecule has 18 heavy (non-hydrogen) atoms. The van der Waals surface area contributed by atoms with Crippen molar-refractivity contribution in [1.82, 2.24) is 9.55 Å². The zero-order valence-corrected chi connectivity index (χ0v) is 10.1. The van der Waals surface area contributed by atoms with Crippen LogP contribution in [0.4, 0.5) is 0 Å². The molecule has 0 atom stereocenters. The molecule has 0 N–H and O–H groups in total. The van der Waals surface area contributed by atoms with Crippen molar-refractivity contribution in [3.8, 4) is 6.07 Å². The van der Waals surface area contributed by atoms with Crippen LogP contribution in [0.2, 0.25) is 0 Å². The van der Waals surface area contributed by atoms with Crippen LogP contribution in [0, 0.1) is 18.3 Å². The lowest BCUT2D eigenvalue weighted by atomic mass is 10.2. The molecule has 0 aliphatic heterocycles. The summed E-state index contributed by atoms with van der Waals surface area (Å²) < 4.78 is 1.62. The van der Waals surface area contributed by atoms with Crippen LogP contribution in [0.25, 0.3) is 0 Å². The quantitative estimate of drug-likeness (QED) is 0.818. The van der Waals surface area contributed by atoms with Gasteiger partial charge in [-0.3, -0.25) is 9.78 Å². The molecule has 4 heteroatoms. The molecule has 0 unspecified atom stereocenters. The average molecular weight is 239 g/mol. The Morgan fingerprint density at radius 2 is 2.17 bits per heavy atom. The van der Waals surface area contributed by atoms with E-state index in [9.17, 15) is 4.79 Å². The molecule has 0 amide bonds. The van der Waals surface area contributed by atoms with Crippen LogP contribution in [0.3, 0.4) is 0 Å². The van der Waals surface area contributed by atoms with Crippen molar-refractivity contribution in [3.05, 3.63) is 63.8 Å². The van der Waals surface area contributed by atoms with Crippen LogP contribution in [-0.2, 0) is 13.0 Å². The van der Waals surface area contributed by atoms with E-state index >= 15 is 0 Å². The van der Waals surface area contributed by atoms with Crippen molar-refractivity contribution in [2.75, 3.05) is 0 Å². The van der Waals surface area contributed by atoms with E-state index in [2.05, 4.69) is 4.98 Å². The van der Waals surface area contributed by atoms with Crippen LogP contribution in [0.15, 0.2) is 41.3 Å². The minimum atomic E-state index is -0.228. The number of aryl methyl sites for hydroxylation is 2. The third-order valence-electron chi connectivity index (χ3n) is 2.83. The maximum absolute atomic E-state index is 12.0. The first kappa shape index (κ1) is 12.1. The minimum absolute atomic E-state index is 0.182. The lowest BCUT2D eigenvalue weighted by Crippen LogP contribution is -2.25. The Bertz CT molecular complexity index is 638. The number of nitrogens with zero attached hydrogens (tertiary/aromatic N) is 3. The number of aromatic nitrogens is 2. The Morgan fingerprint density at radius 1 is 1.33 bits per heavy atom. The van der Waals surface area contributed by atoms with E-state index in [0.29, 0.717) is 13.0 Å². The molecular weight excluding hydrogens is 226 g/mol. The van der Waals surface area contributed by atoms with Crippen molar-refractivity contribution in [1.29, 1.82) is 5.26 Å². The molecule has 0 saturated heterocycles. The molecule has 0 aliphatic carbocycles. The molecular formula is C14H13N3O. The number of rotatable bonds is 3. The third kappa shape index (κ3) is 2.46. The van der Waals surface area contributed by atoms with E-state index in [0.717, 1.165) is 11.4 Å². The number of nitriles is 1. The van der Waals surface area contributed by atoms with Gasteiger partial charge in [0.2, 0.25) is 0 Å². The molecule has 2 heterocycles. The normalized spacial score (nSPS) is 10.0. The molecule has 0 saturated carbocycles. The molecule has 90 valence electrons. The number of hydrogen-bond acceptors (Lipinski definition) is 3. The highest BCUT2D eigenvalue weighted by molar-refractivity contribution is 5.27. The van der Waals surface area contributed by atoms with Gasteiger partial charge in [0.15, 0.2) is 0 Å². The Balaban J connectivity index is 2.25. The second-order valence-corrected chi connectivity index (χ2v) is 4.03. The fourth-order valence-electron chi connectivity index (χ4n) is 1.81. The van der Waals surface area contributed by atoms with Crippen LogP contribution >= 0.6 is 0 Å². The molecule has 2 aromatic rings. The summed E-state index contributed by atoms with van der Waals surface area (Å²) in [5.74, 6) is 0. The van der Waals surface area contributed by atoms with Crippen LogP contribution < -0.4 is 5.56 Å². The summed E-state index contributed by atoms with van der Waals surface area (Å²) in [7, 11) is 0. The predicted molar refractivity (Wildman–Crippen MR) is 68.1 cm³/mol. The van der Waals surface area contributed by atoms with Crippen LogP contribution in [-0.4, -0.2) is 9.55 Å². The molecule has 0 spiro atoms. The molecule has 4 nitrogen and oxygen atoms in total. The summed E-state index contributed by atoms with van der Waals surface area (Å²) in [6.07, 6.45) is 2.41. The van der Waals surface area contributed by atoms with Gasteiger partial charge in [-0.25, -0.2) is 0 Å². The van der Waals surface area contributed by atoms with Gasteiger partial charge in [0.25, 0.3) is 5.56 Å². The average Bonchev–Trinajstić information content (AvgIpc) is 2.40. The van der Waals surface area contributed by atoms with E-state index < -0.39 is 0 Å². The molecule has 2 aromatic heterocycles. The zero-order valence-electron chi connectivity index (χ0n) is 10.1. The summed E-state index contributed by atoms with van der Waals surface area (Å²) in [6.45, 7) is 2.40. The second-order valence-electron chi connectivity index (χ2n) is 4.03. The second kappa shape index (κ2) is 5.28. The monoisotopic (exact) mass is 239 g/mol. The van der Waals surface area contributed by atoms with Crippen molar-refractivity contribution in [2.45, 2.75) is 19.9 Å². The van der Waals surface area contributed by atoms with Gasteiger partial charge in [0.05, 0.1) is 0 Å². The Labute approximate surface area is 105 Å². The summed E-state index contributed by atoms with van der Waals surface area (Å²) in [4.78, 5) is 16.2. The maximum atomic E-state index is 12.0. The van der Waals surface area contributed by atoms with Crippen molar-refractivity contribution >= 4 is 0 Å². The molecule has 0 radical (unpaired) electrons. The molecule has 0 bridgehead atoms. The van der Waals surface area contributed by atoms with Gasteiger partial charge in [-0.05, 0) is 31.2 Å². The standard InChI is InChI=1S/C14H13N3O/c1-11-5-6-12(10-15)14(18)17(11)9-7-13-4-2-3-8-16-13/h2-6,8H,7,9H2,1H3. The zero-order chi connectivity index (χ0) is 13.0. The van der Waals surface area contributed by atoms with Crippen molar-refractivity contribution in [3.63, 3.8) is 0 Å². The maximum Gasteiger partial charge on any atom is 0.268 e. The first-order chi connectivity index (χ1) is 8.72. The van der Waals surface area contributed by atoms with Gasteiger partial charge < -0.3 is 4.57 Å². The van der Waals surface area contributed by atoms with E-state index in [1.165, 1.54) is 0 Å². The first-order valence-electron chi connectivity index (χ1n) is 5.73. The molecule has 0 aliphatic rings. The smallest absolute Gasteiger partial charge is 0.268 e. The van der Waals surface area contributed by atoms with E-state index in [-0.39, 0.29) is 11.1 Å².